The molecule has 0 fully saturated rings. The minimum absolute atomic E-state index is 0.318. The fourth-order valence-corrected chi connectivity index (χ4v) is 1.86. The van der Waals surface area contributed by atoms with E-state index < -0.39 is 0 Å². The maximum Gasteiger partial charge on any atom is 0.320 e. The molecule has 2 heterocycles. The van der Waals surface area contributed by atoms with Gasteiger partial charge in [0, 0.05) is 12.7 Å². The Morgan fingerprint density at radius 3 is 2.67 bits per heavy atom. The van der Waals surface area contributed by atoms with Crippen LogP contribution in [-0.4, -0.2) is 27.7 Å². The summed E-state index contributed by atoms with van der Waals surface area (Å²) in [6, 6.07) is 13.1. The molecule has 3 rings (SSSR count). The van der Waals surface area contributed by atoms with Crippen LogP contribution in [0, 0.1) is 0 Å². The second-order valence-electron chi connectivity index (χ2n) is 4.34. The molecule has 0 aliphatic rings. The molecule has 0 unspecified atom stereocenters. The Kier molecular flexibility index (Phi) is 3.38. The van der Waals surface area contributed by atoms with E-state index in [1.54, 1.807) is 17.8 Å². The number of nitrogens with zero attached hydrogens (tertiary/aromatic N) is 3. The van der Waals surface area contributed by atoms with Crippen molar-refractivity contribution in [1.29, 1.82) is 0 Å². The molecule has 0 saturated heterocycles. The van der Waals surface area contributed by atoms with Crippen molar-refractivity contribution in [1.82, 2.24) is 19.9 Å². The summed E-state index contributed by atoms with van der Waals surface area (Å²) < 4.78 is 1.61. The van der Waals surface area contributed by atoms with Crippen LogP contribution in [0.1, 0.15) is 0 Å². The van der Waals surface area contributed by atoms with E-state index in [0.717, 1.165) is 5.69 Å². The molecule has 0 spiro atoms. The van der Waals surface area contributed by atoms with Crippen molar-refractivity contribution in [2.24, 2.45) is 0 Å². The molecule has 1 aromatic carbocycles. The Labute approximate surface area is 121 Å². The molecular weight excluding hydrogens is 268 g/mol. The molecular formula is C14H14N6O. The van der Waals surface area contributed by atoms with Gasteiger partial charge in [-0.1, -0.05) is 18.2 Å². The summed E-state index contributed by atoms with van der Waals surface area (Å²) in [5, 5.41) is 12.7. The van der Waals surface area contributed by atoms with Gasteiger partial charge in [-0.25, -0.2) is 14.3 Å². The number of hydrogen-bond donors (Lipinski definition) is 3. The lowest BCUT2D eigenvalue weighted by atomic mass is 10.3. The first-order chi connectivity index (χ1) is 10.2. The van der Waals surface area contributed by atoms with Gasteiger partial charge in [0.2, 0.25) is 0 Å². The monoisotopic (exact) mass is 282 g/mol. The third-order valence-electron chi connectivity index (χ3n) is 2.83. The molecule has 0 aliphatic heterocycles. The second kappa shape index (κ2) is 5.49. The van der Waals surface area contributed by atoms with Gasteiger partial charge in [-0.3, -0.25) is 5.32 Å². The van der Waals surface area contributed by atoms with Crippen molar-refractivity contribution >= 4 is 29.0 Å². The van der Waals surface area contributed by atoms with Gasteiger partial charge in [-0.15, -0.1) is 5.10 Å². The topological polar surface area (TPSA) is 83.4 Å². The van der Waals surface area contributed by atoms with E-state index in [1.165, 1.54) is 0 Å². The van der Waals surface area contributed by atoms with Crippen LogP contribution in [-0.2, 0) is 0 Å². The summed E-state index contributed by atoms with van der Waals surface area (Å²) >= 11 is 0. The zero-order valence-corrected chi connectivity index (χ0v) is 11.4. The van der Waals surface area contributed by atoms with Gasteiger partial charge in [0.1, 0.15) is 0 Å². The predicted octanol–water partition coefficient (Wildman–Crippen LogP) is 2.22. The molecule has 0 bridgehead atoms. The molecule has 7 heteroatoms. The molecule has 3 N–H and O–H groups in total. The number of carbonyl (C=O) groups excluding carboxylic acids is 1. The number of hydrogen-bond acceptors (Lipinski definition) is 4. The largest absolute Gasteiger partial charge is 0.341 e. The summed E-state index contributed by atoms with van der Waals surface area (Å²) in [6.45, 7) is 0. The fraction of sp³-hybridized carbons (Fsp3) is 0.0714. The first-order valence-corrected chi connectivity index (χ1v) is 6.42. The number of carbonyl (C=O) groups is 1. The normalized spacial score (nSPS) is 10.3. The number of benzene rings is 1. The van der Waals surface area contributed by atoms with Gasteiger partial charge in [-0.05, 0) is 24.3 Å². The van der Waals surface area contributed by atoms with E-state index in [-0.39, 0.29) is 6.03 Å². The highest BCUT2D eigenvalue weighted by atomic mass is 16.2. The second-order valence-corrected chi connectivity index (χ2v) is 4.34. The number of amides is 2. The van der Waals surface area contributed by atoms with Gasteiger partial charge in [0.15, 0.2) is 17.3 Å². The van der Waals surface area contributed by atoms with Crippen molar-refractivity contribution in [3.63, 3.8) is 0 Å². The van der Waals surface area contributed by atoms with Crippen molar-refractivity contribution < 1.29 is 4.79 Å². The van der Waals surface area contributed by atoms with Crippen LogP contribution in [0.2, 0.25) is 0 Å². The lowest BCUT2D eigenvalue weighted by Crippen LogP contribution is -2.24. The first kappa shape index (κ1) is 12.9. The number of para-hydroxylation sites is 1. The van der Waals surface area contributed by atoms with Gasteiger partial charge in [0.05, 0.1) is 6.20 Å². The van der Waals surface area contributed by atoms with E-state index in [0.29, 0.717) is 17.3 Å². The SMILES string of the molecule is CNC(=O)Nc1cn2nc(Nc3ccccc3)ccc2n1. The zero-order chi connectivity index (χ0) is 14.7. The highest BCUT2D eigenvalue weighted by molar-refractivity contribution is 5.88. The number of nitrogens with one attached hydrogen (secondary N) is 3. The molecule has 106 valence electrons. The van der Waals surface area contributed by atoms with Gasteiger partial charge >= 0.3 is 6.03 Å². The van der Waals surface area contributed by atoms with Gasteiger partial charge in [0.25, 0.3) is 0 Å². The number of urea groups is 1. The standard InChI is InChI=1S/C14H14N6O/c1-15-14(21)18-12-9-20-13(17-12)8-7-11(19-20)16-10-5-3-2-4-6-10/h2-9H,1H3,(H,16,19)(H2,15,18,21). The third kappa shape index (κ3) is 2.92. The predicted molar refractivity (Wildman–Crippen MR) is 80.8 cm³/mol. The number of rotatable bonds is 3. The summed E-state index contributed by atoms with van der Waals surface area (Å²) in [4.78, 5) is 15.5. The van der Waals surface area contributed by atoms with Crippen LogP contribution in [0.15, 0.2) is 48.7 Å². The molecule has 3 aromatic rings. The van der Waals surface area contributed by atoms with Crippen molar-refractivity contribution in [2.45, 2.75) is 0 Å². The molecule has 2 amide bonds. The number of aromatic nitrogens is 3. The van der Waals surface area contributed by atoms with Crippen molar-refractivity contribution in [2.75, 3.05) is 17.7 Å². The minimum atomic E-state index is -0.318. The number of fused-ring (bicyclic) bond motifs is 1. The molecule has 0 radical (unpaired) electrons. The van der Waals surface area contributed by atoms with Gasteiger partial charge < -0.3 is 10.6 Å². The maximum atomic E-state index is 11.3. The van der Waals surface area contributed by atoms with Crippen LogP contribution >= 0.6 is 0 Å². The van der Waals surface area contributed by atoms with Crippen LogP contribution in [0.5, 0.6) is 0 Å². The zero-order valence-electron chi connectivity index (χ0n) is 11.4. The highest BCUT2D eigenvalue weighted by Gasteiger charge is 2.06. The third-order valence-corrected chi connectivity index (χ3v) is 2.83. The molecule has 0 aliphatic carbocycles. The van der Waals surface area contributed by atoms with E-state index in [1.807, 2.05) is 42.5 Å². The average Bonchev–Trinajstić information content (AvgIpc) is 2.89. The Morgan fingerprint density at radius 1 is 1.10 bits per heavy atom. The summed E-state index contributed by atoms with van der Waals surface area (Å²) in [5.74, 6) is 1.14. The van der Waals surface area contributed by atoms with E-state index in [9.17, 15) is 4.79 Å². The Bertz CT molecular complexity index is 767. The Balaban J connectivity index is 1.84. The van der Waals surface area contributed by atoms with Crippen LogP contribution in [0.25, 0.3) is 5.65 Å². The first-order valence-electron chi connectivity index (χ1n) is 6.42. The van der Waals surface area contributed by atoms with Crippen molar-refractivity contribution in [3.8, 4) is 0 Å². The van der Waals surface area contributed by atoms with Crippen LogP contribution in [0.3, 0.4) is 0 Å². The lowest BCUT2D eigenvalue weighted by Gasteiger charge is -2.04. The van der Waals surface area contributed by atoms with E-state index >= 15 is 0 Å². The number of anilines is 3. The molecule has 2 aromatic heterocycles. The number of imidazole rings is 1. The minimum Gasteiger partial charge on any atom is -0.341 e. The van der Waals surface area contributed by atoms with E-state index in [4.69, 9.17) is 0 Å². The molecule has 0 atom stereocenters. The molecule has 0 saturated carbocycles. The van der Waals surface area contributed by atoms with Crippen LogP contribution in [0.4, 0.5) is 22.1 Å². The summed E-state index contributed by atoms with van der Waals surface area (Å²) in [5.41, 5.74) is 1.60. The quantitative estimate of drug-likeness (QED) is 0.688. The average molecular weight is 282 g/mol. The summed E-state index contributed by atoms with van der Waals surface area (Å²) in [6.07, 6.45) is 1.65. The van der Waals surface area contributed by atoms with Gasteiger partial charge in [-0.2, -0.15) is 0 Å². The van der Waals surface area contributed by atoms with Crippen molar-refractivity contribution in [3.05, 3.63) is 48.7 Å². The fourth-order valence-electron chi connectivity index (χ4n) is 1.86. The summed E-state index contributed by atoms with van der Waals surface area (Å²) in [7, 11) is 1.55. The molecule has 21 heavy (non-hydrogen) atoms. The maximum absolute atomic E-state index is 11.3. The van der Waals surface area contributed by atoms with Crippen LogP contribution < -0.4 is 16.0 Å². The Morgan fingerprint density at radius 2 is 1.90 bits per heavy atom. The lowest BCUT2D eigenvalue weighted by molar-refractivity contribution is 0.254. The highest BCUT2D eigenvalue weighted by Crippen LogP contribution is 2.15. The Hall–Kier alpha value is -3.09. The smallest absolute Gasteiger partial charge is 0.320 e. The van der Waals surface area contributed by atoms with E-state index in [2.05, 4.69) is 26.0 Å². The molecule has 7 nitrogen and oxygen atoms in total.